The second-order valence-corrected chi connectivity index (χ2v) is 7.82. The molecule has 2 aromatic carbocycles. The summed E-state index contributed by atoms with van der Waals surface area (Å²) in [6.45, 7) is 4.16. The maximum Gasteiger partial charge on any atom is 0.253 e. The Hall–Kier alpha value is -1.79. The quantitative estimate of drug-likeness (QED) is 0.765. The van der Waals surface area contributed by atoms with Crippen LogP contribution in [0.25, 0.3) is 0 Å². The van der Waals surface area contributed by atoms with Gasteiger partial charge in [0.05, 0.1) is 21.8 Å². The number of anilines is 1. The summed E-state index contributed by atoms with van der Waals surface area (Å²) in [6, 6.07) is 11.6. The molecule has 1 N–H and O–H groups in total. The molecule has 0 aliphatic carbocycles. The van der Waals surface area contributed by atoms with Crippen LogP contribution in [0, 0.1) is 0 Å². The molecule has 2 aromatic rings. The molecule has 1 aliphatic rings. The standard InChI is InChI=1S/C20H20Cl3N3O2/c1-13(19(27)24-17-4-2-3-16(22)18(17)23)25-9-11-26(12-10-25)20(28)14-5-7-15(21)8-6-14/h2-8,13H,9-12H2,1H3,(H,24,27). The summed E-state index contributed by atoms with van der Waals surface area (Å²) in [5.41, 5.74) is 1.10. The molecular formula is C20H20Cl3N3O2. The van der Waals surface area contributed by atoms with Crippen molar-refractivity contribution in [3.63, 3.8) is 0 Å². The number of halogens is 3. The monoisotopic (exact) mass is 439 g/mol. The van der Waals surface area contributed by atoms with Crippen LogP contribution in [0.15, 0.2) is 42.5 Å². The molecule has 1 atom stereocenters. The molecule has 1 aliphatic heterocycles. The Labute approximate surface area is 179 Å². The second-order valence-electron chi connectivity index (χ2n) is 6.60. The summed E-state index contributed by atoms with van der Waals surface area (Å²) in [4.78, 5) is 29.0. The topological polar surface area (TPSA) is 52.7 Å². The molecule has 0 radical (unpaired) electrons. The van der Waals surface area contributed by atoms with E-state index >= 15 is 0 Å². The third-order valence-electron chi connectivity index (χ3n) is 4.83. The van der Waals surface area contributed by atoms with Crippen LogP contribution < -0.4 is 5.32 Å². The molecule has 28 heavy (non-hydrogen) atoms. The highest BCUT2D eigenvalue weighted by Crippen LogP contribution is 2.29. The minimum atomic E-state index is -0.358. The largest absolute Gasteiger partial charge is 0.336 e. The highest BCUT2D eigenvalue weighted by Gasteiger charge is 2.28. The van der Waals surface area contributed by atoms with Gasteiger partial charge in [0.2, 0.25) is 5.91 Å². The first kappa shape index (κ1) is 20.9. The maximum atomic E-state index is 12.6. The van der Waals surface area contributed by atoms with E-state index < -0.39 is 0 Å². The van der Waals surface area contributed by atoms with Gasteiger partial charge in [-0.25, -0.2) is 0 Å². The number of carbonyl (C=O) groups excluding carboxylic acids is 2. The van der Waals surface area contributed by atoms with E-state index in [4.69, 9.17) is 34.8 Å². The number of carbonyl (C=O) groups is 2. The average molecular weight is 441 g/mol. The van der Waals surface area contributed by atoms with E-state index in [1.807, 2.05) is 11.8 Å². The average Bonchev–Trinajstić information content (AvgIpc) is 2.71. The Morgan fingerprint density at radius 1 is 0.964 bits per heavy atom. The molecule has 0 aromatic heterocycles. The first-order valence-electron chi connectivity index (χ1n) is 8.90. The fourth-order valence-electron chi connectivity index (χ4n) is 3.09. The Bertz CT molecular complexity index is 865. The number of nitrogens with one attached hydrogen (secondary N) is 1. The van der Waals surface area contributed by atoms with E-state index in [0.717, 1.165) is 0 Å². The summed E-state index contributed by atoms with van der Waals surface area (Å²) < 4.78 is 0. The molecule has 1 unspecified atom stereocenters. The van der Waals surface area contributed by atoms with Gasteiger partial charge in [0.15, 0.2) is 0 Å². The SMILES string of the molecule is CC(C(=O)Nc1cccc(Cl)c1Cl)N1CCN(C(=O)c2ccc(Cl)cc2)CC1. The van der Waals surface area contributed by atoms with Crippen LogP contribution in [0.3, 0.4) is 0 Å². The summed E-state index contributed by atoms with van der Waals surface area (Å²) in [5.74, 6) is -0.194. The third-order valence-corrected chi connectivity index (χ3v) is 5.90. The summed E-state index contributed by atoms with van der Waals surface area (Å²) >= 11 is 18.0. The van der Waals surface area contributed by atoms with Gasteiger partial charge < -0.3 is 10.2 Å². The Balaban J connectivity index is 1.56. The smallest absolute Gasteiger partial charge is 0.253 e. The number of piperazine rings is 1. The zero-order valence-electron chi connectivity index (χ0n) is 15.3. The minimum absolute atomic E-state index is 0.0286. The van der Waals surface area contributed by atoms with Gasteiger partial charge in [0.25, 0.3) is 5.91 Å². The van der Waals surface area contributed by atoms with E-state index in [-0.39, 0.29) is 17.9 Å². The second kappa shape index (κ2) is 9.14. The predicted octanol–water partition coefficient (Wildman–Crippen LogP) is 4.43. The van der Waals surface area contributed by atoms with Gasteiger partial charge in [-0.2, -0.15) is 0 Å². The van der Waals surface area contributed by atoms with Crippen molar-refractivity contribution in [2.45, 2.75) is 13.0 Å². The molecule has 1 saturated heterocycles. The number of amides is 2. The van der Waals surface area contributed by atoms with Crippen molar-refractivity contribution >= 4 is 52.3 Å². The zero-order chi connectivity index (χ0) is 20.3. The fraction of sp³-hybridized carbons (Fsp3) is 0.300. The van der Waals surface area contributed by atoms with E-state index in [1.54, 1.807) is 47.4 Å². The molecule has 1 heterocycles. The van der Waals surface area contributed by atoms with Crippen molar-refractivity contribution < 1.29 is 9.59 Å². The number of rotatable bonds is 4. The van der Waals surface area contributed by atoms with Crippen molar-refractivity contribution in [1.29, 1.82) is 0 Å². The van der Waals surface area contributed by atoms with E-state index in [2.05, 4.69) is 5.32 Å². The number of hydrogen-bond donors (Lipinski definition) is 1. The number of hydrogen-bond acceptors (Lipinski definition) is 3. The van der Waals surface area contributed by atoms with Gasteiger partial charge in [-0.15, -0.1) is 0 Å². The molecule has 8 heteroatoms. The molecule has 5 nitrogen and oxygen atoms in total. The first-order valence-corrected chi connectivity index (χ1v) is 10.0. The van der Waals surface area contributed by atoms with E-state index in [9.17, 15) is 9.59 Å². The van der Waals surface area contributed by atoms with Crippen LogP contribution >= 0.6 is 34.8 Å². The van der Waals surface area contributed by atoms with E-state index in [0.29, 0.717) is 52.5 Å². The zero-order valence-corrected chi connectivity index (χ0v) is 17.6. The van der Waals surface area contributed by atoms with Crippen LogP contribution in [0.5, 0.6) is 0 Å². The van der Waals surface area contributed by atoms with Crippen LogP contribution in [0.1, 0.15) is 17.3 Å². The fourth-order valence-corrected chi connectivity index (χ4v) is 3.56. The summed E-state index contributed by atoms with van der Waals surface area (Å²) in [6.07, 6.45) is 0. The molecule has 3 rings (SSSR count). The highest BCUT2D eigenvalue weighted by molar-refractivity contribution is 6.44. The van der Waals surface area contributed by atoms with Crippen molar-refractivity contribution in [2.24, 2.45) is 0 Å². The molecule has 1 fully saturated rings. The molecular weight excluding hydrogens is 421 g/mol. The molecule has 2 amide bonds. The number of nitrogens with zero attached hydrogens (tertiary/aromatic N) is 2. The van der Waals surface area contributed by atoms with Crippen LogP contribution in [0.2, 0.25) is 15.1 Å². The lowest BCUT2D eigenvalue weighted by Gasteiger charge is -2.37. The van der Waals surface area contributed by atoms with Crippen LogP contribution in [-0.2, 0) is 4.79 Å². The van der Waals surface area contributed by atoms with Crippen LogP contribution in [-0.4, -0.2) is 53.8 Å². The van der Waals surface area contributed by atoms with Gasteiger partial charge >= 0.3 is 0 Å². The third kappa shape index (κ3) is 4.78. The lowest BCUT2D eigenvalue weighted by molar-refractivity contribution is -0.121. The Morgan fingerprint density at radius 2 is 1.61 bits per heavy atom. The number of benzene rings is 2. The van der Waals surface area contributed by atoms with Gasteiger partial charge in [0.1, 0.15) is 0 Å². The molecule has 0 saturated carbocycles. The van der Waals surface area contributed by atoms with Gasteiger partial charge in [-0.1, -0.05) is 40.9 Å². The Kier molecular flexibility index (Phi) is 6.83. The molecule has 148 valence electrons. The summed E-state index contributed by atoms with van der Waals surface area (Å²) in [5, 5.41) is 4.13. The van der Waals surface area contributed by atoms with E-state index in [1.165, 1.54) is 0 Å². The van der Waals surface area contributed by atoms with Crippen molar-refractivity contribution in [3.8, 4) is 0 Å². The normalized spacial score (nSPS) is 15.9. The van der Waals surface area contributed by atoms with Crippen molar-refractivity contribution in [2.75, 3.05) is 31.5 Å². The lowest BCUT2D eigenvalue weighted by atomic mass is 10.1. The minimum Gasteiger partial charge on any atom is -0.336 e. The van der Waals surface area contributed by atoms with Gasteiger partial charge in [-0.3, -0.25) is 14.5 Å². The first-order chi connectivity index (χ1) is 13.4. The van der Waals surface area contributed by atoms with Gasteiger partial charge in [0, 0.05) is 36.8 Å². The Morgan fingerprint density at radius 3 is 2.25 bits per heavy atom. The molecule has 0 bridgehead atoms. The van der Waals surface area contributed by atoms with Crippen LogP contribution in [0.4, 0.5) is 5.69 Å². The lowest BCUT2D eigenvalue weighted by Crippen LogP contribution is -2.54. The predicted molar refractivity (Wildman–Crippen MR) is 113 cm³/mol. The van der Waals surface area contributed by atoms with Crippen molar-refractivity contribution in [3.05, 3.63) is 63.1 Å². The maximum absolute atomic E-state index is 12.6. The van der Waals surface area contributed by atoms with Gasteiger partial charge in [-0.05, 0) is 43.3 Å². The summed E-state index contributed by atoms with van der Waals surface area (Å²) in [7, 11) is 0. The highest BCUT2D eigenvalue weighted by atomic mass is 35.5. The van der Waals surface area contributed by atoms with Crippen molar-refractivity contribution in [1.82, 2.24) is 9.80 Å². The molecule has 0 spiro atoms.